The number of esters is 2. The lowest BCUT2D eigenvalue weighted by molar-refractivity contribution is -0.166. The number of hydrogen-bond acceptors (Lipinski definition) is 5. The zero-order chi connectivity index (χ0) is 20.9. The molecule has 1 N–H and O–H groups in total. The van der Waals surface area contributed by atoms with Crippen LogP contribution in [0.15, 0.2) is 29.8 Å². The van der Waals surface area contributed by atoms with Crippen LogP contribution in [0.2, 0.25) is 5.02 Å². The molecule has 0 aliphatic carbocycles. The highest BCUT2D eigenvalue weighted by atomic mass is 35.5. The molecule has 1 aromatic rings. The van der Waals surface area contributed by atoms with Crippen molar-refractivity contribution in [2.24, 2.45) is 11.3 Å². The fourth-order valence-electron chi connectivity index (χ4n) is 3.48. The minimum absolute atomic E-state index is 0.133. The van der Waals surface area contributed by atoms with E-state index in [1.54, 1.807) is 30.3 Å². The Kier molecular flexibility index (Phi) is 7.29. The summed E-state index contributed by atoms with van der Waals surface area (Å²) >= 11 is 5.87. The molecule has 0 radical (unpaired) electrons. The smallest absolute Gasteiger partial charge is 0.334 e. The molecule has 0 saturated carbocycles. The average Bonchev–Trinajstić information content (AvgIpc) is 2.90. The second-order valence-electron chi connectivity index (χ2n) is 8.86. The number of aliphatic hydroxyl groups excluding tert-OH is 1. The van der Waals surface area contributed by atoms with Crippen molar-refractivity contribution in [2.75, 3.05) is 13.2 Å². The fraction of sp³-hybridized carbons (Fsp3) is 0.545. The number of cyclic esters (lactones) is 1. The standard InChI is InChI=1S/C22H29ClO5/c1-15(11-21(2,3)4)9-19(25)27-14-22(13-24)12-17(20(26)28-22)10-16-5-7-18(23)8-6-16/h5-8,10,15,24H,9,11-14H2,1-4H3/b17-10+. The first-order chi connectivity index (χ1) is 13.0. The van der Waals surface area contributed by atoms with Crippen LogP contribution in [0.5, 0.6) is 0 Å². The summed E-state index contributed by atoms with van der Waals surface area (Å²) in [4.78, 5) is 24.4. The summed E-state index contributed by atoms with van der Waals surface area (Å²) in [6.07, 6.45) is 3.06. The van der Waals surface area contributed by atoms with Crippen molar-refractivity contribution < 1.29 is 24.2 Å². The Hall–Kier alpha value is -1.85. The lowest BCUT2D eigenvalue weighted by Gasteiger charge is -2.25. The molecule has 28 heavy (non-hydrogen) atoms. The quantitative estimate of drug-likeness (QED) is 0.534. The van der Waals surface area contributed by atoms with Gasteiger partial charge >= 0.3 is 11.9 Å². The van der Waals surface area contributed by atoms with Crippen molar-refractivity contribution in [3.8, 4) is 0 Å². The molecule has 1 fully saturated rings. The van der Waals surface area contributed by atoms with Gasteiger partial charge in [-0.05, 0) is 41.5 Å². The van der Waals surface area contributed by atoms with Crippen molar-refractivity contribution in [3.05, 3.63) is 40.4 Å². The fourth-order valence-corrected chi connectivity index (χ4v) is 3.60. The largest absolute Gasteiger partial charge is 0.461 e. The van der Waals surface area contributed by atoms with E-state index in [-0.39, 0.29) is 30.3 Å². The van der Waals surface area contributed by atoms with E-state index < -0.39 is 18.2 Å². The lowest BCUT2D eigenvalue weighted by Crippen LogP contribution is -2.39. The maximum atomic E-state index is 12.2. The predicted octanol–water partition coefficient (Wildman–Crippen LogP) is 4.41. The molecule has 5 nitrogen and oxygen atoms in total. The first-order valence-electron chi connectivity index (χ1n) is 9.48. The van der Waals surface area contributed by atoms with Gasteiger partial charge in [-0.15, -0.1) is 0 Å². The highest BCUT2D eigenvalue weighted by molar-refractivity contribution is 6.30. The van der Waals surface area contributed by atoms with Crippen LogP contribution in [0, 0.1) is 11.3 Å². The molecule has 154 valence electrons. The van der Waals surface area contributed by atoms with Gasteiger partial charge in [0.15, 0.2) is 5.60 Å². The minimum Gasteiger partial charge on any atom is -0.461 e. The molecule has 1 aromatic carbocycles. The van der Waals surface area contributed by atoms with Gasteiger partial charge in [0.1, 0.15) is 6.61 Å². The van der Waals surface area contributed by atoms with Crippen LogP contribution in [0.3, 0.4) is 0 Å². The topological polar surface area (TPSA) is 72.8 Å². The molecule has 1 heterocycles. The summed E-state index contributed by atoms with van der Waals surface area (Å²) in [6.45, 7) is 7.82. The number of benzene rings is 1. The third-order valence-corrected chi connectivity index (χ3v) is 4.81. The van der Waals surface area contributed by atoms with Gasteiger partial charge in [-0.25, -0.2) is 4.79 Å². The Balaban J connectivity index is 1.97. The summed E-state index contributed by atoms with van der Waals surface area (Å²) in [5, 5.41) is 10.4. The van der Waals surface area contributed by atoms with Gasteiger partial charge in [-0.1, -0.05) is 51.4 Å². The maximum Gasteiger partial charge on any atom is 0.334 e. The van der Waals surface area contributed by atoms with E-state index in [9.17, 15) is 14.7 Å². The van der Waals surface area contributed by atoms with Gasteiger partial charge in [0.05, 0.1) is 6.61 Å². The van der Waals surface area contributed by atoms with Crippen LogP contribution >= 0.6 is 11.6 Å². The first-order valence-corrected chi connectivity index (χ1v) is 9.86. The highest BCUT2D eigenvalue weighted by Crippen LogP contribution is 2.33. The van der Waals surface area contributed by atoms with E-state index >= 15 is 0 Å². The Morgan fingerprint density at radius 3 is 2.57 bits per heavy atom. The van der Waals surface area contributed by atoms with E-state index in [0.717, 1.165) is 12.0 Å². The molecule has 1 aliphatic rings. The monoisotopic (exact) mass is 408 g/mol. The van der Waals surface area contributed by atoms with Crippen LogP contribution in [0.1, 0.15) is 52.5 Å². The van der Waals surface area contributed by atoms with E-state index in [1.165, 1.54) is 0 Å². The molecule has 1 saturated heterocycles. The summed E-state index contributed by atoms with van der Waals surface area (Å²) < 4.78 is 10.7. The Morgan fingerprint density at radius 1 is 1.36 bits per heavy atom. The number of carbonyl (C=O) groups excluding carboxylic acids is 2. The van der Waals surface area contributed by atoms with Crippen LogP contribution in [-0.4, -0.2) is 35.9 Å². The van der Waals surface area contributed by atoms with E-state index in [1.807, 2.05) is 6.92 Å². The van der Waals surface area contributed by atoms with E-state index in [0.29, 0.717) is 17.0 Å². The SMILES string of the molecule is CC(CC(=O)OCC1(CO)C/C(=C\c2ccc(Cl)cc2)C(=O)O1)CC(C)(C)C. The number of rotatable bonds is 7. The van der Waals surface area contributed by atoms with Gasteiger partial charge in [0.25, 0.3) is 0 Å². The molecular formula is C22H29ClO5. The minimum atomic E-state index is -1.22. The molecule has 2 unspecified atom stereocenters. The molecule has 6 heteroatoms. The Morgan fingerprint density at radius 2 is 2.00 bits per heavy atom. The first kappa shape index (κ1) is 22.4. The van der Waals surface area contributed by atoms with Gasteiger partial charge in [-0.3, -0.25) is 4.79 Å². The number of halogens is 1. The third-order valence-electron chi connectivity index (χ3n) is 4.56. The molecule has 2 atom stereocenters. The van der Waals surface area contributed by atoms with Crippen molar-refractivity contribution >= 4 is 29.6 Å². The van der Waals surface area contributed by atoms with Crippen LogP contribution in [0.25, 0.3) is 6.08 Å². The van der Waals surface area contributed by atoms with Crippen molar-refractivity contribution in [1.29, 1.82) is 0 Å². The molecule has 2 rings (SSSR count). The van der Waals surface area contributed by atoms with Gasteiger partial charge in [-0.2, -0.15) is 0 Å². The van der Waals surface area contributed by atoms with Gasteiger partial charge < -0.3 is 14.6 Å². The number of aliphatic hydroxyl groups is 1. The number of ether oxygens (including phenoxy) is 2. The van der Waals surface area contributed by atoms with Gasteiger partial charge in [0, 0.05) is 23.4 Å². The molecule has 1 aliphatic heterocycles. The van der Waals surface area contributed by atoms with Crippen molar-refractivity contribution in [2.45, 2.75) is 52.6 Å². The van der Waals surface area contributed by atoms with Crippen molar-refractivity contribution in [3.63, 3.8) is 0 Å². The zero-order valence-corrected chi connectivity index (χ0v) is 17.7. The Bertz CT molecular complexity index is 732. The third kappa shape index (κ3) is 6.64. The zero-order valence-electron chi connectivity index (χ0n) is 17.0. The highest BCUT2D eigenvalue weighted by Gasteiger charge is 2.44. The van der Waals surface area contributed by atoms with Crippen LogP contribution in [0.4, 0.5) is 0 Å². The van der Waals surface area contributed by atoms with Crippen LogP contribution < -0.4 is 0 Å². The lowest BCUT2D eigenvalue weighted by atomic mass is 9.84. The average molecular weight is 409 g/mol. The molecule has 0 amide bonds. The van der Waals surface area contributed by atoms with Crippen molar-refractivity contribution in [1.82, 2.24) is 0 Å². The summed E-state index contributed by atoms with van der Waals surface area (Å²) in [5.41, 5.74) is 0.138. The van der Waals surface area contributed by atoms with Gasteiger partial charge in [0.2, 0.25) is 0 Å². The van der Waals surface area contributed by atoms with E-state index in [2.05, 4.69) is 20.8 Å². The second kappa shape index (κ2) is 9.10. The molecule has 0 aromatic heterocycles. The molecular weight excluding hydrogens is 380 g/mol. The van der Waals surface area contributed by atoms with E-state index in [4.69, 9.17) is 21.1 Å². The summed E-state index contributed by atoms with van der Waals surface area (Å²) in [6, 6.07) is 7.04. The molecule has 0 bridgehead atoms. The Labute approximate surface area is 171 Å². The predicted molar refractivity (Wildman–Crippen MR) is 109 cm³/mol. The molecule has 0 spiro atoms. The number of carbonyl (C=O) groups is 2. The second-order valence-corrected chi connectivity index (χ2v) is 9.30. The van der Waals surface area contributed by atoms with Crippen LogP contribution in [-0.2, 0) is 19.1 Å². The normalized spacial score (nSPS) is 22.2. The summed E-state index contributed by atoms with van der Waals surface area (Å²) in [7, 11) is 0. The summed E-state index contributed by atoms with van der Waals surface area (Å²) in [5.74, 6) is -0.680. The maximum absolute atomic E-state index is 12.2. The number of hydrogen-bond donors (Lipinski definition) is 1.